The summed E-state index contributed by atoms with van der Waals surface area (Å²) in [4.78, 5) is 24.1. The van der Waals surface area contributed by atoms with Crippen molar-refractivity contribution >= 4 is 41.5 Å². The number of piperidine rings is 1. The Bertz CT molecular complexity index is 773. The van der Waals surface area contributed by atoms with E-state index in [0.29, 0.717) is 41.8 Å². The quantitative estimate of drug-likeness (QED) is 0.594. The topological polar surface area (TPSA) is 88.1 Å². The van der Waals surface area contributed by atoms with Crippen molar-refractivity contribution in [3.63, 3.8) is 0 Å². The molecule has 1 saturated heterocycles. The molecule has 1 aliphatic heterocycles. The number of aromatic nitrogens is 2. The maximum Gasteiger partial charge on any atom is 0.271 e. The molecule has 2 aromatic rings. The predicted octanol–water partition coefficient (Wildman–Crippen LogP) is 3.03. The highest BCUT2D eigenvalue weighted by Gasteiger charge is 2.17. The minimum Gasteiger partial charge on any atom is -0.351 e. The molecule has 0 spiro atoms. The van der Waals surface area contributed by atoms with Crippen LogP contribution in [-0.4, -0.2) is 41.2 Å². The Labute approximate surface area is 175 Å². The number of nitrogens with one attached hydrogen (secondary N) is 3. The Morgan fingerprint density at radius 2 is 2.04 bits per heavy atom. The zero-order valence-electron chi connectivity index (χ0n) is 15.5. The molecule has 1 fully saturated rings. The van der Waals surface area contributed by atoms with Gasteiger partial charge in [-0.25, -0.2) is 0 Å². The lowest BCUT2D eigenvalue weighted by Crippen LogP contribution is -2.32. The van der Waals surface area contributed by atoms with Gasteiger partial charge in [0.1, 0.15) is 5.69 Å². The fraction of sp³-hybridized carbons (Fsp3) is 0.421. The molecule has 0 aliphatic carbocycles. The second kappa shape index (κ2) is 11.0. The number of carbonyl (C=O) groups is 2. The fourth-order valence-electron chi connectivity index (χ4n) is 3.02. The third kappa shape index (κ3) is 6.51. The van der Waals surface area contributed by atoms with E-state index in [1.165, 1.54) is 0 Å². The van der Waals surface area contributed by atoms with Crippen molar-refractivity contribution in [1.29, 1.82) is 0 Å². The van der Waals surface area contributed by atoms with Crippen LogP contribution in [0.4, 0.5) is 5.69 Å². The van der Waals surface area contributed by atoms with Gasteiger partial charge in [0, 0.05) is 36.4 Å². The van der Waals surface area contributed by atoms with Crippen LogP contribution in [0.25, 0.3) is 0 Å². The molecule has 0 radical (unpaired) electrons. The number of hydrogen-bond donors (Lipinski definition) is 3. The van der Waals surface area contributed by atoms with Gasteiger partial charge in [0.05, 0.1) is 6.04 Å². The first kappa shape index (κ1) is 22.2. The Balaban J connectivity index is 0.00000280. The molecule has 1 atom stereocenters. The van der Waals surface area contributed by atoms with Crippen LogP contribution in [0, 0.1) is 0 Å². The molecule has 0 saturated carbocycles. The highest BCUT2D eigenvalue weighted by atomic mass is 35.5. The summed E-state index contributed by atoms with van der Waals surface area (Å²) in [5.74, 6) is -0.309. The van der Waals surface area contributed by atoms with Crippen molar-refractivity contribution in [1.82, 2.24) is 20.4 Å². The molecular formula is C19H25Cl2N5O2. The first-order valence-corrected chi connectivity index (χ1v) is 9.59. The zero-order chi connectivity index (χ0) is 19.1. The van der Waals surface area contributed by atoms with Gasteiger partial charge in [-0.3, -0.25) is 14.3 Å². The highest BCUT2D eigenvalue weighted by molar-refractivity contribution is 6.30. The zero-order valence-corrected chi connectivity index (χ0v) is 17.1. The normalized spacial score (nSPS) is 16.1. The number of rotatable bonds is 7. The standard InChI is InChI=1S/C19H24ClN5O2.ClH/c20-14-5-7-15(8-6-14)23-18(26)4-2-11-22-19(27)17-9-12-25(24-17)16-3-1-10-21-13-16;/h5-9,12,16,21H,1-4,10-11,13H2,(H,22,27)(H,23,26);1H. The number of hydrogen-bond acceptors (Lipinski definition) is 4. The molecule has 7 nitrogen and oxygen atoms in total. The number of carbonyl (C=O) groups excluding carboxylic acids is 2. The second-order valence-corrected chi connectivity index (χ2v) is 7.03. The molecule has 1 aliphatic rings. The molecule has 28 heavy (non-hydrogen) atoms. The van der Waals surface area contributed by atoms with Crippen LogP contribution in [-0.2, 0) is 4.79 Å². The summed E-state index contributed by atoms with van der Waals surface area (Å²) in [7, 11) is 0. The first-order chi connectivity index (χ1) is 13.1. The summed E-state index contributed by atoms with van der Waals surface area (Å²) < 4.78 is 1.86. The maximum absolute atomic E-state index is 12.2. The minimum atomic E-state index is -0.212. The molecule has 0 bridgehead atoms. The van der Waals surface area contributed by atoms with Gasteiger partial charge in [-0.2, -0.15) is 5.10 Å². The van der Waals surface area contributed by atoms with E-state index in [4.69, 9.17) is 11.6 Å². The third-order valence-electron chi connectivity index (χ3n) is 4.48. The lowest BCUT2D eigenvalue weighted by atomic mass is 10.1. The smallest absolute Gasteiger partial charge is 0.271 e. The van der Waals surface area contributed by atoms with Crippen LogP contribution in [0.5, 0.6) is 0 Å². The molecule has 3 rings (SSSR count). The fourth-order valence-corrected chi connectivity index (χ4v) is 3.15. The number of nitrogens with zero attached hydrogens (tertiary/aromatic N) is 2. The Morgan fingerprint density at radius 3 is 2.75 bits per heavy atom. The van der Waals surface area contributed by atoms with Gasteiger partial charge >= 0.3 is 0 Å². The Kier molecular flexibility index (Phi) is 8.76. The molecule has 9 heteroatoms. The van der Waals surface area contributed by atoms with E-state index in [1.54, 1.807) is 30.3 Å². The van der Waals surface area contributed by atoms with Crippen molar-refractivity contribution < 1.29 is 9.59 Å². The second-order valence-electron chi connectivity index (χ2n) is 6.60. The van der Waals surface area contributed by atoms with E-state index >= 15 is 0 Å². The van der Waals surface area contributed by atoms with E-state index in [0.717, 1.165) is 25.9 Å². The molecule has 1 aromatic heterocycles. The van der Waals surface area contributed by atoms with E-state index in [-0.39, 0.29) is 24.2 Å². The summed E-state index contributed by atoms with van der Waals surface area (Å²) in [6.07, 6.45) is 4.91. The summed E-state index contributed by atoms with van der Waals surface area (Å²) >= 11 is 5.81. The molecular weight excluding hydrogens is 401 g/mol. The molecule has 152 valence electrons. The molecule has 2 heterocycles. The van der Waals surface area contributed by atoms with Crippen molar-refractivity contribution in [2.45, 2.75) is 31.7 Å². The molecule has 1 unspecified atom stereocenters. The summed E-state index contributed by atoms with van der Waals surface area (Å²) in [5.41, 5.74) is 1.11. The number of halogens is 2. The van der Waals surface area contributed by atoms with Crippen LogP contribution < -0.4 is 16.0 Å². The minimum absolute atomic E-state index is 0. The van der Waals surface area contributed by atoms with Gasteiger partial charge in [0.15, 0.2) is 0 Å². The number of amides is 2. The molecule has 2 amide bonds. The lowest BCUT2D eigenvalue weighted by Gasteiger charge is -2.22. The van der Waals surface area contributed by atoms with Crippen LogP contribution in [0.15, 0.2) is 36.5 Å². The summed E-state index contributed by atoms with van der Waals surface area (Å²) in [6.45, 7) is 2.34. The van der Waals surface area contributed by atoms with Crippen molar-refractivity contribution in [3.05, 3.63) is 47.2 Å². The first-order valence-electron chi connectivity index (χ1n) is 9.21. The third-order valence-corrected chi connectivity index (χ3v) is 4.73. The highest BCUT2D eigenvalue weighted by Crippen LogP contribution is 2.16. The van der Waals surface area contributed by atoms with Gasteiger partial charge in [0.25, 0.3) is 5.91 Å². The van der Waals surface area contributed by atoms with Crippen LogP contribution in [0.3, 0.4) is 0 Å². The lowest BCUT2D eigenvalue weighted by molar-refractivity contribution is -0.116. The van der Waals surface area contributed by atoms with Crippen molar-refractivity contribution in [2.24, 2.45) is 0 Å². The van der Waals surface area contributed by atoms with E-state index in [2.05, 4.69) is 21.0 Å². The predicted molar refractivity (Wildman–Crippen MR) is 112 cm³/mol. The average Bonchev–Trinajstić information content (AvgIpc) is 3.18. The van der Waals surface area contributed by atoms with Crippen LogP contribution in [0.1, 0.15) is 42.2 Å². The number of anilines is 1. The van der Waals surface area contributed by atoms with Crippen LogP contribution in [0.2, 0.25) is 5.02 Å². The van der Waals surface area contributed by atoms with Gasteiger partial charge in [-0.1, -0.05) is 11.6 Å². The summed E-state index contributed by atoms with van der Waals surface area (Å²) in [5, 5.41) is 14.0. The Hall–Kier alpha value is -2.09. The Morgan fingerprint density at radius 1 is 1.25 bits per heavy atom. The van der Waals surface area contributed by atoms with Gasteiger partial charge in [0.2, 0.25) is 5.91 Å². The van der Waals surface area contributed by atoms with Gasteiger partial charge < -0.3 is 16.0 Å². The van der Waals surface area contributed by atoms with Crippen molar-refractivity contribution in [3.8, 4) is 0 Å². The van der Waals surface area contributed by atoms with E-state index in [1.807, 2.05) is 10.9 Å². The van der Waals surface area contributed by atoms with Gasteiger partial charge in [-0.15, -0.1) is 12.4 Å². The van der Waals surface area contributed by atoms with Crippen molar-refractivity contribution in [2.75, 3.05) is 25.0 Å². The van der Waals surface area contributed by atoms with E-state index in [9.17, 15) is 9.59 Å². The maximum atomic E-state index is 12.2. The van der Waals surface area contributed by atoms with E-state index < -0.39 is 0 Å². The SMILES string of the molecule is Cl.O=C(CCCNC(=O)c1ccn(C2CCCNC2)n1)Nc1ccc(Cl)cc1. The number of benzene rings is 1. The molecule has 1 aromatic carbocycles. The largest absolute Gasteiger partial charge is 0.351 e. The summed E-state index contributed by atoms with van der Waals surface area (Å²) in [6, 6.07) is 8.98. The average molecular weight is 426 g/mol. The monoisotopic (exact) mass is 425 g/mol. The van der Waals surface area contributed by atoms with Crippen LogP contribution >= 0.6 is 24.0 Å². The van der Waals surface area contributed by atoms with Gasteiger partial charge in [-0.05, 0) is 56.1 Å². The molecule has 3 N–H and O–H groups in total.